The van der Waals surface area contributed by atoms with Crippen LogP contribution in [0.2, 0.25) is 0 Å². The maximum Gasteiger partial charge on any atom is 0.126 e. The van der Waals surface area contributed by atoms with Crippen molar-refractivity contribution >= 4 is 27.4 Å². The number of hydrogen-bond acceptors (Lipinski definition) is 3. The summed E-state index contributed by atoms with van der Waals surface area (Å²) >= 11 is 3.47. The van der Waals surface area contributed by atoms with Crippen LogP contribution >= 0.6 is 15.9 Å². The van der Waals surface area contributed by atoms with Gasteiger partial charge in [0.1, 0.15) is 5.82 Å². The van der Waals surface area contributed by atoms with Gasteiger partial charge in [-0.1, -0.05) is 28.1 Å². The Balaban J connectivity index is 1.90. The molecule has 0 aliphatic rings. The molecule has 0 saturated heterocycles. The van der Waals surface area contributed by atoms with Gasteiger partial charge in [0, 0.05) is 11.0 Å². The first-order chi connectivity index (χ1) is 8.65. The van der Waals surface area contributed by atoms with Crippen molar-refractivity contribution in [2.75, 3.05) is 17.6 Å². The molecule has 0 atom stereocenters. The third kappa shape index (κ3) is 3.47. The molecule has 94 valence electrons. The number of benzene rings is 1. The third-order valence-electron chi connectivity index (χ3n) is 2.76. The maximum absolute atomic E-state index is 5.73. The molecule has 0 aliphatic heterocycles. The molecule has 0 aliphatic carbocycles. The van der Waals surface area contributed by atoms with E-state index in [1.165, 1.54) is 5.56 Å². The lowest BCUT2D eigenvalue weighted by Gasteiger charge is -2.07. The van der Waals surface area contributed by atoms with Crippen LogP contribution in [-0.4, -0.2) is 11.5 Å². The van der Waals surface area contributed by atoms with E-state index in [2.05, 4.69) is 38.4 Å². The maximum atomic E-state index is 5.73. The van der Waals surface area contributed by atoms with E-state index < -0.39 is 0 Å². The molecule has 1 aromatic carbocycles. The summed E-state index contributed by atoms with van der Waals surface area (Å²) < 4.78 is 1.11. The standard InChI is InChI=1S/C14H16BrN3/c1-10-7-14(18-9-13(10)16)17-6-5-11-3-2-4-12(15)8-11/h2-4,7-9H,5-6,16H2,1H3,(H,17,18). The van der Waals surface area contributed by atoms with Crippen LogP contribution in [0.4, 0.5) is 11.5 Å². The van der Waals surface area contributed by atoms with Crippen molar-refractivity contribution in [3.8, 4) is 0 Å². The Morgan fingerprint density at radius 3 is 2.89 bits per heavy atom. The number of nitrogens with two attached hydrogens (primary N) is 1. The predicted molar refractivity (Wildman–Crippen MR) is 79.7 cm³/mol. The number of anilines is 2. The highest BCUT2D eigenvalue weighted by atomic mass is 79.9. The van der Waals surface area contributed by atoms with Crippen molar-refractivity contribution in [3.05, 3.63) is 52.1 Å². The van der Waals surface area contributed by atoms with Crippen LogP contribution in [-0.2, 0) is 6.42 Å². The summed E-state index contributed by atoms with van der Waals surface area (Å²) in [5, 5.41) is 3.30. The first kappa shape index (κ1) is 12.9. The monoisotopic (exact) mass is 305 g/mol. The smallest absolute Gasteiger partial charge is 0.126 e. The summed E-state index contributed by atoms with van der Waals surface area (Å²) in [6, 6.07) is 10.3. The topological polar surface area (TPSA) is 50.9 Å². The molecule has 0 saturated carbocycles. The molecule has 3 nitrogen and oxygen atoms in total. The number of nitrogen functional groups attached to an aromatic ring is 1. The molecule has 2 rings (SSSR count). The van der Waals surface area contributed by atoms with E-state index in [1.807, 2.05) is 25.1 Å². The number of nitrogens with one attached hydrogen (secondary N) is 1. The second-order valence-electron chi connectivity index (χ2n) is 4.23. The zero-order valence-electron chi connectivity index (χ0n) is 10.3. The first-order valence-corrected chi connectivity index (χ1v) is 6.65. The van der Waals surface area contributed by atoms with Crippen LogP contribution in [0.15, 0.2) is 41.0 Å². The zero-order chi connectivity index (χ0) is 13.0. The van der Waals surface area contributed by atoms with Crippen LogP contribution in [0.3, 0.4) is 0 Å². The molecule has 0 bridgehead atoms. The first-order valence-electron chi connectivity index (χ1n) is 5.85. The van der Waals surface area contributed by atoms with E-state index in [0.29, 0.717) is 0 Å². The lowest BCUT2D eigenvalue weighted by Crippen LogP contribution is -2.07. The van der Waals surface area contributed by atoms with Crippen molar-refractivity contribution < 1.29 is 0 Å². The molecule has 0 fully saturated rings. The minimum atomic E-state index is 0.729. The fourth-order valence-electron chi connectivity index (χ4n) is 1.69. The average Bonchev–Trinajstić information content (AvgIpc) is 2.34. The highest BCUT2D eigenvalue weighted by Gasteiger charge is 1.98. The second-order valence-corrected chi connectivity index (χ2v) is 5.15. The number of aryl methyl sites for hydroxylation is 1. The molecule has 1 heterocycles. The van der Waals surface area contributed by atoms with Crippen LogP contribution in [0.25, 0.3) is 0 Å². The second kappa shape index (κ2) is 5.87. The van der Waals surface area contributed by atoms with Gasteiger partial charge >= 0.3 is 0 Å². The number of hydrogen-bond donors (Lipinski definition) is 2. The Bertz CT molecular complexity index is 540. The average molecular weight is 306 g/mol. The van der Waals surface area contributed by atoms with E-state index in [1.54, 1.807) is 6.20 Å². The summed E-state index contributed by atoms with van der Waals surface area (Å²) in [4.78, 5) is 4.24. The Kier molecular flexibility index (Phi) is 4.20. The molecule has 2 aromatic rings. The quantitative estimate of drug-likeness (QED) is 0.910. The van der Waals surface area contributed by atoms with Crippen molar-refractivity contribution in [2.24, 2.45) is 0 Å². The van der Waals surface area contributed by atoms with Gasteiger partial charge in [0.05, 0.1) is 11.9 Å². The predicted octanol–water partition coefficient (Wildman–Crippen LogP) is 3.39. The fraction of sp³-hybridized carbons (Fsp3) is 0.214. The van der Waals surface area contributed by atoms with Gasteiger partial charge in [-0.05, 0) is 42.7 Å². The number of rotatable bonds is 4. The van der Waals surface area contributed by atoms with Gasteiger partial charge in [-0.3, -0.25) is 0 Å². The third-order valence-corrected chi connectivity index (χ3v) is 3.25. The molecule has 0 spiro atoms. The molecule has 0 unspecified atom stereocenters. The highest BCUT2D eigenvalue weighted by molar-refractivity contribution is 9.10. The SMILES string of the molecule is Cc1cc(NCCc2cccc(Br)c2)ncc1N. The molecule has 4 heteroatoms. The Morgan fingerprint density at radius 1 is 1.33 bits per heavy atom. The summed E-state index contributed by atoms with van der Waals surface area (Å²) in [6.07, 6.45) is 2.65. The lowest BCUT2D eigenvalue weighted by atomic mass is 10.1. The minimum Gasteiger partial charge on any atom is -0.397 e. The fourth-order valence-corrected chi connectivity index (χ4v) is 2.14. The largest absolute Gasteiger partial charge is 0.397 e. The summed E-state index contributed by atoms with van der Waals surface area (Å²) in [7, 11) is 0. The van der Waals surface area contributed by atoms with Gasteiger partial charge in [0.15, 0.2) is 0 Å². The van der Waals surface area contributed by atoms with Crippen LogP contribution in [0.5, 0.6) is 0 Å². The summed E-state index contributed by atoms with van der Waals surface area (Å²) in [5.74, 6) is 0.872. The van der Waals surface area contributed by atoms with E-state index in [0.717, 1.165) is 34.5 Å². The van der Waals surface area contributed by atoms with E-state index in [-0.39, 0.29) is 0 Å². The van der Waals surface area contributed by atoms with Crippen LogP contribution in [0, 0.1) is 6.92 Å². The molecular weight excluding hydrogens is 290 g/mol. The van der Waals surface area contributed by atoms with Crippen LogP contribution in [0.1, 0.15) is 11.1 Å². The van der Waals surface area contributed by atoms with Gasteiger partial charge < -0.3 is 11.1 Å². The number of halogens is 1. The highest BCUT2D eigenvalue weighted by Crippen LogP contribution is 2.14. The molecule has 1 aromatic heterocycles. The number of aromatic nitrogens is 1. The van der Waals surface area contributed by atoms with Gasteiger partial charge in [-0.2, -0.15) is 0 Å². The molecule has 0 amide bonds. The van der Waals surface area contributed by atoms with Crippen molar-refractivity contribution in [3.63, 3.8) is 0 Å². The minimum absolute atomic E-state index is 0.729. The van der Waals surface area contributed by atoms with Crippen molar-refractivity contribution in [1.82, 2.24) is 4.98 Å². The zero-order valence-corrected chi connectivity index (χ0v) is 11.9. The molecular formula is C14H16BrN3. The lowest BCUT2D eigenvalue weighted by molar-refractivity contribution is 1.00. The van der Waals surface area contributed by atoms with Gasteiger partial charge in [-0.15, -0.1) is 0 Å². The molecule has 18 heavy (non-hydrogen) atoms. The summed E-state index contributed by atoms with van der Waals surface area (Å²) in [6.45, 7) is 2.84. The Hall–Kier alpha value is -1.55. The number of nitrogens with zero attached hydrogens (tertiary/aromatic N) is 1. The Labute approximate surface area is 116 Å². The molecule has 3 N–H and O–H groups in total. The van der Waals surface area contributed by atoms with E-state index in [4.69, 9.17) is 5.73 Å². The van der Waals surface area contributed by atoms with Crippen molar-refractivity contribution in [2.45, 2.75) is 13.3 Å². The summed E-state index contributed by atoms with van der Waals surface area (Å²) in [5.41, 5.74) is 8.81. The van der Waals surface area contributed by atoms with E-state index >= 15 is 0 Å². The van der Waals surface area contributed by atoms with E-state index in [9.17, 15) is 0 Å². The van der Waals surface area contributed by atoms with Crippen LogP contribution < -0.4 is 11.1 Å². The van der Waals surface area contributed by atoms with Gasteiger partial charge in [0.25, 0.3) is 0 Å². The van der Waals surface area contributed by atoms with Gasteiger partial charge in [0.2, 0.25) is 0 Å². The number of pyridine rings is 1. The van der Waals surface area contributed by atoms with Gasteiger partial charge in [-0.25, -0.2) is 4.98 Å². The normalized spacial score (nSPS) is 10.3. The molecule has 0 radical (unpaired) electrons. The Morgan fingerprint density at radius 2 is 2.17 bits per heavy atom. The van der Waals surface area contributed by atoms with Crippen molar-refractivity contribution in [1.29, 1.82) is 0 Å².